The molecule has 3 rings (SSSR count). The second-order valence-electron chi connectivity index (χ2n) is 7.31. The van der Waals surface area contributed by atoms with Gasteiger partial charge in [0.05, 0.1) is 19.8 Å². The van der Waals surface area contributed by atoms with Crippen LogP contribution in [-0.4, -0.2) is 36.5 Å². The van der Waals surface area contributed by atoms with Crippen molar-refractivity contribution in [3.05, 3.63) is 71.3 Å². The Morgan fingerprint density at radius 2 is 1.83 bits per heavy atom. The van der Waals surface area contributed by atoms with E-state index in [-0.39, 0.29) is 24.0 Å². The van der Waals surface area contributed by atoms with Crippen molar-refractivity contribution in [1.29, 1.82) is 0 Å². The summed E-state index contributed by atoms with van der Waals surface area (Å²) in [6.45, 7) is 7.17. The number of ether oxygens (including phenoxy) is 1. The molecule has 1 aliphatic rings. The summed E-state index contributed by atoms with van der Waals surface area (Å²) in [6.07, 6.45) is 2.51. The maximum atomic E-state index is 6.06. The SMILES string of the molecule is CCN1CCCC1CNC(N)=NCc1cccc(COCc2ccccc2)c1.I. The molecule has 3 N–H and O–H groups in total. The van der Waals surface area contributed by atoms with Crippen LogP contribution < -0.4 is 11.1 Å². The highest BCUT2D eigenvalue weighted by Crippen LogP contribution is 2.15. The number of rotatable bonds is 9. The van der Waals surface area contributed by atoms with Gasteiger partial charge in [-0.15, -0.1) is 24.0 Å². The van der Waals surface area contributed by atoms with Crippen LogP contribution in [0.1, 0.15) is 36.5 Å². The van der Waals surface area contributed by atoms with E-state index in [9.17, 15) is 0 Å². The Kier molecular flexibility index (Phi) is 10.5. The number of nitrogens with two attached hydrogens (primary N) is 1. The second kappa shape index (κ2) is 12.8. The minimum Gasteiger partial charge on any atom is -0.372 e. The van der Waals surface area contributed by atoms with Crippen LogP contribution in [0.3, 0.4) is 0 Å². The first kappa shape index (κ1) is 23.6. The fourth-order valence-electron chi connectivity index (χ4n) is 3.68. The number of aliphatic imine (C=N–C) groups is 1. The Bertz CT molecular complexity index is 754. The molecule has 0 saturated carbocycles. The van der Waals surface area contributed by atoms with Gasteiger partial charge in [-0.05, 0) is 42.6 Å². The van der Waals surface area contributed by atoms with Gasteiger partial charge in [0, 0.05) is 12.6 Å². The number of likely N-dealkylation sites (N-methyl/N-ethyl adjacent to an activating group) is 1. The van der Waals surface area contributed by atoms with Gasteiger partial charge in [-0.25, -0.2) is 4.99 Å². The maximum Gasteiger partial charge on any atom is 0.188 e. The van der Waals surface area contributed by atoms with E-state index in [0.717, 1.165) is 24.2 Å². The molecule has 0 aliphatic carbocycles. The van der Waals surface area contributed by atoms with Gasteiger partial charge in [0.2, 0.25) is 0 Å². The summed E-state index contributed by atoms with van der Waals surface area (Å²) in [5.41, 5.74) is 9.54. The fourth-order valence-corrected chi connectivity index (χ4v) is 3.68. The van der Waals surface area contributed by atoms with Crippen molar-refractivity contribution in [1.82, 2.24) is 10.2 Å². The van der Waals surface area contributed by atoms with E-state index in [0.29, 0.717) is 31.8 Å². The highest BCUT2D eigenvalue weighted by atomic mass is 127. The summed E-state index contributed by atoms with van der Waals surface area (Å²) in [7, 11) is 0. The fraction of sp³-hybridized carbons (Fsp3) is 0.435. The first-order chi connectivity index (χ1) is 13.7. The molecular formula is C23H33IN4O. The normalized spacial score (nSPS) is 17.1. The lowest BCUT2D eigenvalue weighted by Crippen LogP contribution is -2.42. The highest BCUT2D eigenvalue weighted by molar-refractivity contribution is 14.0. The Morgan fingerprint density at radius 3 is 2.62 bits per heavy atom. The zero-order valence-corrected chi connectivity index (χ0v) is 19.5. The topological polar surface area (TPSA) is 62.9 Å². The summed E-state index contributed by atoms with van der Waals surface area (Å²) in [5.74, 6) is 0.522. The largest absolute Gasteiger partial charge is 0.372 e. The minimum absolute atomic E-state index is 0. The first-order valence-corrected chi connectivity index (χ1v) is 10.2. The number of nitrogens with zero attached hydrogens (tertiary/aromatic N) is 2. The monoisotopic (exact) mass is 508 g/mol. The molecule has 1 aliphatic heterocycles. The number of halogens is 1. The quantitative estimate of drug-likeness (QED) is 0.307. The lowest BCUT2D eigenvalue weighted by Gasteiger charge is -2.23. The molecule has 0 spiro atoms. The van der Waals surface area contributed by atoms with Gasteiger partial charge in [-0.1, -0.05) is 61.5 Å². The van der Waals surface area contributed by atoms with Crippen LogP contribution in [0, 0.1) is 0 Å². The molecule has 1 heterocycles. The molecule has 2 aromatic carbocycles. The van der Waals surface area contributed by atoms with Crippen molar-refractivity contribution in [2.24, 2.45) is 10.7 Å². The average molecular weight is 508 g/mol. The van der Waals surface area contributed by atoms with Gasteiger partial charge in [-0.2, -0.15) is 0 Å². The molecule has 0 radical (unpaired) electrons. The van der Waals surface area contributed by atoms with Crippen LogP contribution >= 0.6 is 24.0 Å². The Balaban J connectivity index is 0.00000300. The van der Waals surface area contributed by atoms with Crippen LogP contribution in [0.2, 0.25) is 0 Å². The van der Waals surface area contributed by atoms with Crippen LogP contribution in [0.25, 0.3) is 0 Å². The number of nitrogens with one attached hydrogen (secondary N) is 1. The molecule has 29 heavy (non-hydrogen) atoms. The molecule has 0 aromatic heterocycles. The molecule has 1 fully saturated rings. The molecule has 0 amide bonds. The van der Waals surface area contributed by atoms with Gasteiger partial charge >= 0.3 is 0 Å². The predicted molar refractivity (Wildman–Crippen MR) is 130 cm³/mol. The standard InChI is InChI=1S/C23H32N4O.HI/c1-2-27-13-7-12-22(27)16-26-23(24)25-15-20-10-6-11-21(14-20)18-28-17-19-8-4-3-5-9-19;/h3-6,8-11,14,22H,2,7,12-13,15-18H2,1H3,(H3,24,25,26);1H. The third-order valence-corrected chi connectivity index (χ3v) is 5.23. The van der Waals surface area contributed by atoms with Gasteiger partial charge in [0.25, 0.3) is 0 Å². The lowest BCUT2D eigenvalue weighted by atomic mass is 10.1. The second-order valence-corrected chi connectivity index (χ2v) is 7.31. The van der Waals surface area contributed by atoms with Crippen molar-refractivity contribution in [3.8, 4) is 0 Å². The average Bonchev–Trinajstić information content (AvgIpc) is 3.19. The first-order valence-electron chi connectivity index (χ1n) is 10.2. The molecule has 6 heteroatoms. The van der Waals surface area contributed by atoms with Crippen molar-refractivity contribution in [3.63, 3.8) is 0 Å². The van der Waals surface area contributed by atoms with Crippen molar-refractivity contribution in [2.75, 3.05) is 19.6 Å². The molecule has 1 saturated heterocycles. The van der Waals surface area contributed by atoms with E-state index in [1.54, 1.807) is 0 Å². The van der Waals surface area contributed by atoms with Crippen LogP contribution in [-0.2, 0) is 24.5 Å². The van der Waals surface area contributed by atoms with Gasteiger partial charge in [0.15, 0.2) is 5.96 Å². The maximum absolute atomic E-state index is 6.06. The Morgan fingerprint density at radius 1 is 1.10 bits per heavy atom. The molecule has 2 aromatic rings. The summed E-state index contributed by atoms with van der Waals surface area (Å²) in [6, 6.07) is 19.1. The number of hydrogen-bond donors (Lipinski definition) is 2. The number of benzene rings is 2. The summed E-state index contributed by atoms with van der Waals surface area (Å²) in [5, 5.41) is 3.29. The number of likely N-dealkylation sites (tertiary alicyclic amines) is 1. The van der Waals surface area contributed by atoms with E-state index in [1.807, 2.05) is 24.3 Å². The van der Waals surface area contributed by atoms with Gasteiger partial charge in [0.1, 0.15) is 0 Å². The lowest BCUT2D eigenvalue weighted by molar-refractivity contribution is 0.107. The molecule has 158 valence electrons. The Labute approximate surface area is 191 Å². The summed E-state index contributed by atoms with van der Waals surface area (Å²) >= 11 is 0. The molecule has 5 nitrogen and oxygen atoms in total. The van der Waals surface area contributed by atoms with E-state index in [2.05, 4.69) is 52.5 Å². The van der Waals surface area contributed by atoms with Crippen LogP contribution in [0.15, 0.2) is 59.6 Å². The summed E-state index contributed by atoms with van der Waals surface area (Å²) < 4.78 is 5.83. The smallest absolute Gasteiger partial charge is 0.188 e. The van der Waals surface area contributed by atoms with E-state index >= 15 is 0 Å². The van der Waals surface area contributed by atoms with Crippen LogP contribution in [0.5, 0.6) is 0 Å². The van der Waals surface area contributed by atoms with Gasteiger partial charge in [-0.3, -0.25) is 4.90 Å². The molecule has 1 unspecified atom stereocenters. The third kappa shape index (κ3) is 7.95. The van der Waals surface area contributed by atoms with Crippen LogP contribution in [0.4, 0.5) is 0 Å². The molecule has 1 atom stereocenters. The number of guanidine groups is 1. The number of hydrogen-bond acceptors (Lipinski definition) is 3. The zero-order valence-electron chi connectivity index (χ0n) is 17.2. The minimum atomic E-state index is 0. The Hall–Kier alpha value is -1.64. The molecular weight excluding hydrogens is 475 g/mol. The summed E-state index contributed by atoms with van der Waals surface area (Å²) in [4.78, 5) is 7.00. The van der Waals surface area contributed by atoms with E-state index in [1.165, 1.54) is 24.9 Å². The third-order valence-electron chi connectivity index (χ3n) is 5.23. The van der Waals surface area contributed by atoms with Gasteiger partial charge < -0.3 is 15.8 Å². The molecule has 0 bridgehead atoms. The predicted octanol–water partition coefficient (Wildman–Crippen LogP) is 3.91. The van der Waals surface area contributed by atoms with Crippen molar-refractivity contribution < 1.29 is 4.74 Å². The highest BCUT2D eigenvalue weighted by Gasteiger charge is 2.22. The van der Waals surface area contributed by atoms with E-state index < -0.39 is 0 Å². The van der Waals surface area contributed by atoms with Crippen molar-refractivity contribution >= 4 is 29.9 Å². The zero-order chi connectivity index (χ0) is 19.6. The van der Waals surface area contributed by atoms with Crippen molar-refractivity contribution in [2.45, 2.75) is 45.6 Å². The van der Waals surface area contributed by atoms with E-state index in [4.69, 9.17) is 10.5 Å².